The number of carbonyl (C=O) groups excluding carboxylic acids is 2. The summed E-state index contributed by atoms with van der Waals surface area (Å²) in [5, 5.41) is 52.3. The van der Waals surface area contributed by atoms with Crippen molar-refractivity contribution in [3.05, 3.63) is 127 Å². The lowest BCUT2D eigenvalue weighted by Gasteiger charge is -2.29. The van der Waals surface area contributed by atoms with E-state index in [4.69, 9.17) is 67.1 Å². The Balaban J connectivity index is 1.13. The van der Waals surface area contributed by atoms with Crippen LogP contribution in [0.5, 0.6) is 11.5 Å². The van der Waals surface area contributed by atoms with Gasteiger partial charge in [0.15, 0.2) is 23.7 Å². The first-order valence-electron chi connectivity index (χ1n) is 24.5. The van der Waals surface area contributed by atoms with E-state index in [0.717, 1.165) is 33.7 Å². The number of carbonyl (C=O) groups is 2. The highest BCUT2D eigenvalue weighted by atomic mass is 32.5. The highest BCUT2D eigenvalue weighted by molar-refractivity contribution is 8.09. The highest BCUT2D eigenvalue weighted by Gasteiger charge is 2.58. The van der Waals surface area contributed by atoms with Gasteiger partial charge >= 0.3 is 36.6 Å². The molecule has 14 atom stereocenters. The van der Waals surface area contributed by atoms with Crippen LogP contribution in [0, 0.1) is 30.1 Å². The molecule has 2 aliphatic heterocycles. The van der Waals surface area contributed by atoms with Crippen LogP contribution in [0.2, 0.25) is 0 Å². The van der Waals surface area contributed by atoms with E-state index in [1.165, 1.54) is 6.92 Å². The first-order chi connectivity index (χ1) is 36.8. The van der Waals surface area contributed by atoms with Gasteiger partial charge in [-0.3, -0.25) is 38.3 Å². The van der Waals surface area contributed by atoms with E-state index in [0.29, 0.717) is 5.75 Å². The van der Waals surface area contributed by atoms with Crippen molar-refractivity contribution in [2.24, 2.45) is 5.92 Å². The fraction of sp³-hybridized carbons (Fsp3) is 0.480. The highest BCUT2D eigenvalue weighted by Crippen LogP contribution is 2.49. The van der Waals surface area contributed by atoms with Crippen LogP contribution in [0.4, 0.5) is 0 Å². The van der Waals surface area contributed by atoms with Gasteiger partial charge in [-0.05, 0) is 94.8 Å². The number of aliphatic hydroxyl groups is 4. The van der Waals surface area contributed by atoms with Crippen molar-refractivity contribution in [2.75, 3.05) is 13.2 Å². The number of benzene rings is 2. The second kappa shape index (κ2) is 26.5. The summed E-state index contributed by atoms with van der Waals surface area (Å²) in [5.41, 5.74) is -8.39. The molecule has 2 fully saturated rings. The van der Waals surface area contributed by atoms with Crippen LogP contribution in [0.1, 0.15) is 73.3 Å². The van der Waals surface area contributed by atoms with E-state index in [9.17, 15) is 49.2 Å². The number of hydrogen-bond acceptors (Lipinski definition) is 20. The van der Waals surface area contributed by atoms with Crippen LogP contribution in [0.3, 0.4) is 0 Å². The molecule has 0 radical (unpaired) electrons. The standard InChI is InChI=1S/C50H62N6O18P2S2/c1-8-36(54-76(78,74-35-18-14-11-15-19-35)68-28-37-41(59)49(65,9-2)45(71-37)55-26-23-39(57)51-47(55)63)44(62)70-32(6)21-20-31(5)22-25-50(66)42(60)38(72-46(50)56-27-24-40(58)52-48(56)64)29-67-75(77,73-34-16-12-10-13-17-34)53-33(7)43(61)69-30(3)4/h2,10-19,23-24,26-27,30-33,36-38,41-42,45-46,59-60,65-66H,8,20-21,28-29H2,1,3-7H3,(H,53,77)(H,54,78)(H,51,57,63)(H,52,58,64)/t31?,32?,33-,36-,37+,38+,41+,42+,45+,46+,49+,50+,75?,76?/m0/s1. The van der Waals surface area contributed by atoms with Crippen molar-refractivity contribution in [2.45, 2.75) is 133 Å². The molecule has 24 nitrogen and oxygen atoms in total. The monoisotopic (exact) mass is 1160 g/mol. The van der Waals surface area contributed by atoms with E-state index in [1.54, 1.807) is 95.3 Å². The van der Waals surface area contributed by atoms with Crippen LogP contribution in [0.25, 0.3) is 0 Å². The van der Waals surface area contributed by atoms with Crippen LogP contribution in [-0.2, 0) is 61.2 Å². The van der Waals surface area contributed by atoms with Gasteiger partial charge in [0, 0.05) is 30.4 Å². The van der Waals surface area contributed by atoms with Crippen LogP contribution in [0.15, 0.2) is 104 Å². The zero-order valence-electron chi connectivity index (χ0n) is 43.2. The van der Waals surface area contributed by atoms with Gasteiger partial charge in [-0.15, -0.1) is 6.42 Å². The molecule has 4 unspecified atom stereocenters. The number of rotatable bonds is 24. The van der Waals surface area contributed by atoms with Crippen molar-refractivity contribution < 1.29 is 67.1 Å². The average Bonchev–Trinajstić information content (AvgIpc) is 3.83. The molecule has 28 heteroatoms. The van der Waals surface area contributed by atoms with Gasteiger partial charge in [0.1, 0.15) is 48.0 Å². The van der Waals surface area contributed by atoms with Gasteiger partial charge in [-0.1, -0.05) is 68.0 Å². The molecule has 6 rings (SSSR count). The molecule has 0 saturated carbocycles. The number of hydrogen-bond donors (Lipinski definition) is 8. The third-order valence-electron chi connectivity index (χ3n) is 12.1. The van der Waals surface area contributed by atoms with Crippen LogP contribution >= 0.6 is 13.3 Å². The number of para-hydroxylation sites is 2. The predicted molar refractivity (Wildman–Crippen MR) is 289 cm³/mol. The molecule has 0 spiro atoms. The fourth-order valence-electron chi connectivity index (χ4n) is 7.90. The van der Waals surface area contributed by atoms with E-state index in [-0.39, 0.29) is 25.0 Å². The second-order valence-corrected chi connectivity index (χ2v) is 24.9. The van der Waals surface area contributed by atoms with Gasteiger partial charge < -0.3 is 57.5 Å². The summed E-state index contributed by atoms with van der Waals surface area (Å²) in [7, 11) is 0. The molecule has 4 aromatic rings. The maximum atomic E-state index is 13.8. The number of aromatic nitrogens is 4. The number of nitrogens with one attached hydrogen (secondary N) is 4. The molecule has 2 saturated heterocycles. The molecule has 2 aliphatic rings. The maximum Gasteiger partial charge on any atom is 0.330 e. The number of esters is 2. The quantitative estimate of drug-likeness (QED) is 0.0283. The normalized spacial score (nSPS) is 25.9. The number of nitrogens with zero attached hydrogens (tertiary/aromatic N) is 2. The zero-order chi connectivity index (χ0) is 57.2. The third-order valence-corrected chi connectivity index (χ3v) is 17.0. The summed E-state index contributed by atoms with van der Waals surface area (Å²) in [6.07, 6.45) is -2.72. The lowest BCUT2D eigenvalue weighted by atomic mass is 9.93. The fourth-order valence-corrected chi connectivity index (χ4v) is 12.7. The third kappa shape index (κ3) is 15.4. The molecule has 0 aliphatic carbocycles. The Hall–Kier alpha value is -5.64. The van der Waals surface area contributed by atoms with Crippen LogP contribution < -0.4 is 41.7 Å². The Bertz CT molecular complexity index is 3180. The minimum atomic E-state index is -3.80. The van der Waals surface area contributed by atoms with Crippen molar-refractivity contribution >= 4 is 48.8 Å². The smallest absolute Gasteiger partial charge is 0.330 e. The minimum Gasteiger partial charge on any atom is -0.462 e. The average molecular weight is 1160 g/mol. The van der Waals surface area contributed by atoms with Crippen molar-refractivity contribution in [1.29, 1.82) is 0 Å². The Morgan fingerprint density at radius 3 is 1.67 bits per heavy atom. The van der Waals surface area contributed by atoms with Gasteiger partial charge in [0.2, 0.25) is 0 Å². The molecule has 8 N–H and O–H groups in total. The van der Waals surface area contributed by atoms with Crippen molar-refractivity contribution in [1.82, 2.24) is 29.3 Å². The van der Waals surface area contributed by atoms with Gasteiger partial charge in [0.05, 0.1) is 25.4 Å². The molecule has 2 aromatic heterocycles. The molecular formula is C50H62N6O18P2S2. The number of terminal acetylenes is 1. The van der Waals surface area contributed by atoms with E-state index in [2.05, 4.69) is 32.9 Å². The van der Waals surface area contributed by atoms with Crippen LogP contribution in [-0.4, -0.2) is 125 Å². The summed E-state index contributed by atoms with van der Waals surface area (Å²) >= 11 is 11.7. The lowest BCUT2D eigenvalue weighted by molar-refractivity contribution is -0.151. The predicted octanol–water partition coefficient (Wildman–Crippen LogP) is 1.99. The zero-order valence-corrected chi connectivity index (χ0v) is 46.6. The molecule has 0 bridgehead atoms. The number of H-pyrrole nitrogens is 2. The van der Waals surface area contributed by atoms with E-state index in [1.807, 2.05) is 4.98 Å². The lowest BCUT2D eigenvalue weighted by Crippen LogP contribution is -2.48. The van der Waals surface area contributed by atoms with E-state index < -0.39 is 139 Å². The summed E-state index contributed by atoms with van der Waals surface area (Å²) in [5.74, 6) is 6.31. The maximum absolute atomic E-state index is 13.8. The SMILES string of the molecule is C#C[C@@]1(O)[C@H](O)[C@@H](COP(=S)(N[C@@H](CC)C(=O)OC(C)CCC(C)C#C[C@@]2(O)[C@H](O)[C@@H](COP(=S)(N[C@@H](C)C(=O)OC(C)C)Oc3ccccc3)O[C@H]2n2ccc(=O)[nH]c2=O)Oc2ccccc2)O[C@H]1n1ccc(=O)[nH]c1=O. The van der Waals surface area contributed by atoms with Gasteiger partial charge in [-0.25, -0.2) is 19.8 Å². The molecule has 4 heterocycles. The van der Waals surface area contributed by atoms with Gasteiger partial charge in [-0.2, -0.15) is 0 Å². The molecular weight excluding hydrogens is 1100 g/mol. The Morgan fingerprint density at radius 1 is 0.731 bits per heavy atom. The Kier molecular flexibility index (Phi) is 21.0. The van der Waals surface area contributed by atoms with Gasteiger partial charge in [0.25, 0.3) is 11.1 Å². The number of ether oxygens (including phenoxy) is 4. The van der Waals surface area contributed by atoms with Crippen molar-refractivity contribution in [3.63, 3.8) is 0 Å². The summed E-state index contributed by atoms with van der Waals surface area (Å²) < 4.78 is 49.1. The topological polar surface area (TPSA) is 323 Å². The first-order valence-corrected chi connectivity index (χ1v) is 29.8. The first kappa shape index (κ1) is 61.6. The largest absolute Gasteiger partial charge is 0.462 e. The Labute approximate surface area is 458 Å². The minimum absolute atomic E-state index is 0.121. The summed E-state index contributed by atoms with van der Waals surface area (Å²) in [6.45, 7) is 1.30. The van der Waals surface area contributed by atoms with E-state index >= 15 is 0 Å². The second-order valence-electron chi connectivity index (χ2n) is 18.6. The summed E-state index contributed by atoms with van der Waals surface area (Å²) in [4.78, 5) is 80.3. The molecule has 0 amide bonds. The number of aliphatic hydroxyl groups excluding tert-OH is 2. The Morgan fingerprint density at radius 2 is 1.21 bits per heavy atom. The molecule has 78 heavy (non-hydrogen) atoms. The molecule has 2 aromatic carbocycles. The van der Waals surface area contributed by atoms with Crippen molar-refractivity contribution in [3.8, 4) is 35.7 Å². The molecule has 422 valence electrons. The summed E-state index contributed by atoms with van der Waals surface area (Å²) in [6, 6.07) is 16.5. The number of aromatic amines is 2.